The smallest absolute Gasteiger partial charge is 0.444 e. The standard InChI is InChI=1S/C36H36F2N5O11P/c1-42-19-17-27(31(42)44)41-55(48,54-26-15-9-4-10-16-26)51-23-28-30(53-35(47)50-22-25-13-7-3-8-14-25)36(37,38)32(52-28)43-20-18-29(39-33(43)45)40-34(46)49-21-24-11-5-2-6-12-24/h2-16,18,20,27-28,30,32H,17,19,21-23H2,1H3,(H,41,48)(H,39,40,45,46)/t27-,28-,30?,32-,55?/m1/s1. The van der Waals surface area contributed by atoms with Gasteiger partial charge in [-0.2, -0.15) is 18.9 Å². The highest BCUT2D eigenvalue weighted by Crippen LogP contribution is 2.49. The van der Waals surface area contributed by atoms with Gasteiger partial charge in [0.1, 0.15) is 30.9 Å². The quantitative estimate of drug-likeness (QED) is 0.125. The minimum Gasteiger partial charge on any atom is -0.444 e. The van der Waals surface area contributed by atoms with Crippen molar-refractivity contribution in [3.63, 3.8) is 0 Å². The molecule has 0 spiro atoms. The Morgan fingerprint density at radius 2 is 1.55 bits per heavy atom. The number of ether oxygens (including phenoxy) is 4. The van der Waals surface area contributed by atoms with Crippen LogP contribution in [0.1, 0.15) is 23.8 Å². The Balaban J connectivity index is 1.21. The van der Waals surface area contributed by atoms with Crippen LogP contribution in [-0.2, 0) is 46.0 Å². The molecule has 290 valence electrons. The summed E-state index contributed by atoms with van der Waals surface area (Å²) < 4.78 is 79.4. The van der Waals surface area contributed by atoms with Gasteiger partial charge in [0.2, 0.25) is 18.2 Å². The molecule has 4 aromatic rings. The molecule has 19 heteroatoms. The zero-order valence-corrected chi connectivity index (χ0v) is 30.1. The number of likely N-dealkylation sites (tertiary alicyclic amines) is 1. The van der Waals surface area contributed by atoms with Gasteiger partial charge in [-0.1, -0.05) is 78.9 Å². The van der Waals surface area contributed by atoms with Gasteiger partial charge in [0.15, 0.2) is 0 Å². The van der Waals surface area contributed by atoms with E-state index in [0.717, 1.165) is 12.3 Å². The Bertz CT molecular complexity index is 2060. The first kappa shape index (κ1) is 39.0. The van der Waals surface area contributed by atoms with Crippen molar-refractivity contribution in [3.05, 3.63) is 125 Å². The maximum Gasteiger partial charge on any atom is 0.509 e. The minimum absolute atomic E-state index is 0.0697. The molecule has 0 radical (unpaired) electrons. The average molecular weight is 784 g/mol. The van der Waals surface area contributed by atoms with Crippen LogP contribution in [0.3, 0.4) is 0 Å². The minimum atomic E-state index is -4.54. The predicted octanol–water partition coefficient (Wildman–Crippen LogP) is 5.27. The molecular weight excluding hydrogens is 747 g/mol. The van der Waals surface area contributed by atoms with Crippen LogP contribution < -0.4 is 20.6 Å². The summed E-state index contributed by atoms with van der Waals surface area (Å²) in [5, 5.41) is 4.84. The van der Waals surface area contributed by atoms with Crippen molar-refractivity contribution < 1.29 is 55.7 Å². The number of halogens is 2. The van der Waals surface area contributed by atoms with Crippen molar-refractivity contribution in [3.8, 4) is 5.75 Å². The summed E-state index contributed by atoms with van der Waals surface area (Å²) in [6.45, 7) is -1.01. The van der Waals surface area contributed by atoms with Crippen LogP contribution in [0.25, 0.3) is 0 Å². The number of alkyl halides is 2. The lowest BCUT2D eigenvalue weighted by Crippen LogP contribution is -2.45. The summed E-state index contributed by atoms with van der Waals surface area (Å²) in [6, 6.07) is 25.0. The van der Waals surface area contributed by atoms with Gasteiger partial charge in [0.05, 0.1) is 12.6 Å². The molecule has 2 fully saturated rings. The second-order valence-corrected chi connectivity index (χ2v) is 14.1. The van der Waals surface area contributed by atoms with E-state index in [0.29, 0.717) is 22.2 Å². The predicted molar refractivity (Wildman–Crippen MR) is 189 cm³/mol. The Morgan fingerprint density at radius 3 is 2.15 bits per heavy atom. The van der Waals surface area contributed by atoms with Crippen molar-refractivity contribution in [1.82, 2.24) is 19.5 Å². The molecule has 2 N–H and O–H groups in total. The number of amides is 2. The fourth-order valence-electron chi connectivity index (χ4n) is 5.64. The van der Waals surface area contributed by atoms with Crippen LogP contribution >= 0.6 is 7.75 Å². The maximum atomic E-state index is 16.3. The number of aromatic nitrogens is 2. The normalized spacial score (nSPS) is 21.4. The van der Waals surface area contributed by atoms with Crippen LogP contribution in [0.4, 0.5) is 24.2 Å². The first-order valence-corrected chi connectivity index (χ1v) is 18.4. The van der Waals surface area contributed by atoms with Gasteiger partial charge in [0.25, 0.3) is 0 Å². The number of nitrogens with zero attached hydrogens (tertiary/aromatic N) is 3. The van der Waals surface area contributed by atoms with E-state index in [1.54, 1.807) is 85.9 Å². The monoisotopic (exact) mass is 783 g/mol. The number of nitrogens with one attached hydrogen (secondary N) is 2. The fraction of sp³-hybridized carbons (Fsp3) is 0.306. The molecule has 16 nitrogen and oxygen atoms in total. The van der Waals surface area contributed by atoms with E-state index in [9.17, 15) is 23.7 Å². The van der Waals surface area contributed by atoms with E-state index < -0.39 is 68.6 Å². The number of benzene rings is 3. The van der Waals surface area contributed by atoms with Gasteiger partial charge in [-0.15, -0.1) is 0 Å². The average Bonchev–Trinajstić information content (AvgIpc) is 3.62. The highest BCUT2D eigenvalue weighted by atomic mass is 31.2. The third-order valence-corrected chi connectivity index (χ3v) is 9.99. The van der Waals surface area contributed by atoms with Gasteiger partial charge in [-0.3, -0.25) is 19.2 Å². The van der Waals surface area contributed by atoms with Crippen molar-refractivity contribution in [2.24, 2.45) is 0 Å². The number of carbonyl (C=O) groups is 3. The summed E-state index contributed by atoms with van der Waals surface area (Å²) in [6.07, 6.45) is -8.13. The number of hydrogen-bond acceptors (Lipinski definition) is 12. The van der Waals surface area contributed by atoms with E-state index in [1.807, 2.05) is 0 Å². The van der Waals surface area contributed by atoms with Gasteiger partial charge in [-0.05, 0) is 35.7 Å². The molecule has 2 saturated heterocycles. The number of likely N-dealkylation sites (N-methyl/N-ethyl adjacent to an activating group) is 1. The molecular formula is C36H36F2N5O11P. The van der Waals surface area contributed by atoms with Crippen LogP contribution in [0.15, 0.2) is 108 Å². The maximum absolute atomic E-state index is 16.3. The topological polar surface area (TPSA) is 186 Å². The number of anilines is 1. The van der Waals surface area contributed by atoms with Gasteiger partial charge < -0.3 is 28.4 Å². The number of carbonyl (C=O) groups excluding carboxylic acids is 3. The second-order valence-electron chi connectivity index (χ2n) is 12.4. The lowest BCUT2D eigenvalue weighted by Gasteiger charge is -2.26. The van der Waals surface area contributed by atoms with Crippen LogP contribution in [0.5, 0.6) is 5.75 Å². The van der Waals surface area contributed by atoms with Crippen LogP contribution in [-0.4, -0.2) is 77.0 Å². The SMILES string of the molecule is CN1CC[C@@H](NP(=O)(OC[C@H]2O[C@@H](n3ccc(NC(=O)OCc4ccccc4)nc3=O)C(F)(F)C2OC(=O)OCc2ccccc2)Oc2ccccc2)C1=O. The second kappa shape index (κ2) is 17.2. The number of para-hydroxylation sites is 1. The molecule has 0 bridgehead atoms. The first-order valence-electron chi connectivity index (χ1n) is 16.9. The first-order chi connectivity index (χ1) is 26.4. The molecule has 1 aromatic heterocycles. The van der Waals surface area contributed by atoms with Crippen LogP contribution in [0, 0.1) is 0 Å². The molecule has 3 aromatic carbocycles. The zero-order chi connectivity index (χ0) is 39.0. The molecule has 0 aliphatic carbocycles. The molecule has 2 aliphatic heterocycles. The Kier molecular flexibility index (Phi) is 12.2. The lowest BCUT2D eigenvalue weighted by molar-refractivity contribution is -0.146. The zero-order valence-electron chi connectivity index (χ0n) is 29.2. The van der Waals surface area contributed by atoms with E-state index in [-0.39, 0.29) is 31.2 Å². The summed E-state index contributed by atoms with van der Waals surface area (Å²) in [4.78, 5) is 56.0. The van der Waals surface area contributed by atoms with Gasteiger partial charge in [-0.25, -0.2) is 18.9 Å². The Labute approximate surface area is 312 Å². The number of rotatable bonds is 14. The molecule has 2 amide bonds. The molecule has 55 heavy (non-hydrogen) atoms. The third kappa shape index (κ3) is 9.90. The third-order valence-electron chi connectivity index (χ3n) is 8.42. The molecule has 2 unspecified atom stereocenters. The van der Waals surface area contributed by atoms with E-state index in [1.165, 1.54) is 17.0 Å². The van der Waals surface area contributed by atoms with E-state index >= 15 is 8.78 Å². The number of hydrogen-bond donors (Lipinski definition) is 2. The molecule has 6 rings (SSSR count). The fourth-order valence-corrected chi connectivity index (χ4v) is 7.19. The van der Waals surface area contributed by atoms with Gasteiger partial charge >= 0.3 is 31.6 Å². The van der Waals surface area contributed by atoms with Crippen molar-refractivity contribution in [2.45, 2.75) is 50.0 Å². The largest absolute Gasteiger partial charge is 0.509 e. The lowest BCUT2D eigenvalue weighted by atomic mass is 10.1. The molecule has 3 heterocycles. The Morgan fingerprint density at radius 1 is 0.927 bits per heavy atom. The molecule has 0 saturated carbocycles. The van der Waals surface area contributed by atoms with E-state index in [2.05, 4.69) is 15.4 Å². The molecule has 5 atom stereocenters. The summed E-state index contributed by atoms with van der Waals surface area (Å²) >= 11 is 0. The van der Waals surface area contributed by atoms with E-state index in [4.69, 9.17) is 28.0 Å². The van der Waals surface area contributed by atoms with Crippen molar-refractivity contribution in [1.29, 1.82) is 0 Å². The van der Waals surface area contributed by atoms with Crippen LogP contribution in [0.2, 0.25) is 0 Å². The van der Waals surface area contributed by atoms with Gasteiger partial charge in [0, 0.05) is 19.8 Å². The Hall–Kier alpha value is -5.68. The summed E-state index contributed by atoms with van der Waals surface area (Å²) in [7, 11) is -2.98. The highest BCUT2D eigenvalue weighted by molar-refractivity contribution is 7.52. The van der Waals surface area contributed by atoms with Crippen molar-refractivity contribution >= 4 is 31.7 Å². The summed E-state index contributed by atoms with van der Waals surface area (Å²) in [5.41, 5.74) is -0.0421. The summed E-state index contributed by atoms with van der Waals surface area (Å²) in [5.74, 6) is -4.80. The molecule has 2 aliphatic rings. The highest BCUT2D eigenvalue weighted by Gasteiger charge is 2.63. The van der Waals surface area contributed by atoms with Crippen molar-refractivity contribution in [2.75, 3.05) is 25.5 Å².